The van der Waals surface area contributed by atoms with E-state index in [0.29, 0.717) is 32.2 Å². The molecule has 1 saturated heterocycles. The van der Waals surface area contributed by atoms with Crippen molar-refractivity contribution >= 4 is 17.8 Å². The van der Waals surface area contributed by atoms with Crippen molar-refractivity contribution in [3.8, 4) is 0 Å². The van der Waals surface area contributed by atoms with E-state index in [1.54, 1.807) is 20.8 Å². The normalized spacial score (nSPS) is 15.2. The predicted octanol–water partition coefficient (Wildman–Crippen LogP) is 3.05. The van der Waals surface area contributed by atoms with Gasteiger partial charge in [-0.3, -0.25) is 0 Å². The lowest BCUT2D eigenvalue weighted by Gasteiger charge is -2.35. The van der Waals surface area contributed by atoms with Crippen LogP contribution in [0.4, 0.5) is 24.1 Å². The number of rotatable bonds is 1. The van der Waals surface area contributed by atoms with E-state index >= 15 is 0 Å². The molecule has 1 aromatic carbocycles. The van der Waals surface area contributed by atoms with Gasteiger partial charge in [0.05, 0.1) is 5.69 Å². The van der Waals surface area contributed by atoms with Gasteiger partial charge in [0.2, 0.25) is 0 Å². The number of anilines is 1. The number of ether oxygens (including phenoxy) is 1. The number of nitrogens with one attached hydrogen (secondary N) is 1. The third kappa shape index (κ3) is 4.81. The van der Waals surface area contributed by atoms with Gasteiger partial charge in [0.1, 0.15) is 17.2 Å². The van der Waals surface area contributed by atoms with Crippen LogP contribution in [0.25, 0.3) is 0 Å². The molecule has 1 N–H and O–H groups in total. The topological polar surface area (TPSA) is 61.9 Å². The Morgan fingerprint density at radius 1 is 1.08 bits per heavy atom. The molecule has 0 radical (unpaired) electrons. The van der Waals surface area contributed by atoms with Gasteiger partial charge in [0.15, 0.2) is 0 Å². The zero-order valence-corrected chi connectivity index (χ0v) is 13.9. The number of piperazine rings is 1. The monoisotopic (exact) mass is 341 g/mol. The summed E-state index contributed by atoms with van der Waals surface area (Å²) in [6.45, 7) is 6.60. The van der Waals surface area contributed by atoms with E-state index in [9.17, 15) is 18.4 Å². The molecule has 8 heteroatoms. The highest BCUT2D eigenvalue weighted by molar-refractivity contribution is 5.89. The molecule has 0 atom stereocenters. The van der Waals surface area contributed by atoms with Crippen LogP contribution in [-0.2, 0) is 4.74 Å². The van der Waals surface area contributed by atoms with E-state index in [2.05, 4.69) is 5.32 Å². The van der Waals surface area contributed by atoms with Crippen LogP contribution in [-0.4, -0.2) is 53.7 Å². The third-order valence-electron chi connectivity index (χ3n) is 3.39. The Morgan fingerprint density at radius 3 is 2.21 bits per heavy atom. The van der Waals surface area contributed by atoms with E-state index in [-0.39, 0.29) is 5.69 Å². The van der Waals surface area contributed by atoms with Gasteiger partial charge >= 0.3 is 12.1 Å². The summed E-state index contributed by atoms with van der Waals surface area (Å²) in [5.74, 6) is -1.55. The van der Waals surface area contributed by atoms with E-state index < -0.39 is 29.4 Å². The highest BCUT2D eigenvalue weighted by Crippen LogP contribution is 2.16. The molecule has 132 valence electrons. The van der Waals surface area contributed by atoms with E-state index in [4.69, 9.17) is 4.74 Å². The van der Waals surface area contributed by atoms with Gasteiger partial charge in [-0.25, -0.2) is 18.4 Å². The van der Waals surface area contributed by atoms with Gasteiger partial charge in [-0.15, -0.1) is 0 Å². The molecule has 1 fully saturated rings. The third-order valence-corrected chi connectivity index (χ3v) is 3.39. The largest absolute Gasteiger partial charge is 0.444 e. The number of nitrogens with zero attached hydrogens (tertiary/aromatic N) is 2. The highest BCUT2D eigenvalue weighted by Gasteiger charge is 2.27. The first-order valence-electron chi connectivity index (χ1n) is 7.64. The molecular weight excluding hydrogens is 320 g/mol. The Bertz CT molecular complexity index is 623. The Hall–Kier alpha value is -2.38. The Balaban J connectivity index is 1.87. The Kier molecular flexibility index (Phi) is 5.26. The maximum Gasteiger partial charge on any atom is 0.410 e. The fraction of sp³-hybridized carbons (Fsp3) is 0.500. The van der Waals surface area contributed by atoms with E-state index in [1.165, 1.54) is 15.9 Å². The first-order chi connectivity index (χ1) is 11.2. The zero-order valence-electron chi connectivity index (χ0n) is 13.9. The number of hydrogen-bond acceptors (Lipinski definition) is 3. The molecule has 0 aromatic heterocycles. The highest BCUT2D eigenvalue weighted by atomic mass is 19.1. The molecule has 6 nitrogen and oxygen atoms in total. The number of carbonyl (C=O) groups is 2. The van der Waals surface area contributed by atoms with Crippen molar-refractivity contribution < 1.29 is 23.1 Å². The van der Waals surface area contributed by atoms with Crippen LogP contribution in [0.15, 0.2) is 18.2 Å². The van der Waals surface area contributed by atoms with Crippen LogP contribution in [0, 0.1) is 11.6 Å². The minimum atomic E-state index is -0.837. The van der Waals surface area contributed by atoms with Crippen LogP contribution in [0.3, 0.4) is 0 Å². The second-order valence-corrected chi connectivity index (χ2v) is 6.51. The molecule has 1 aliphatic heterocycles. The van der Waals surface area contributed by atoms with E-state index in [1.807, 2.05) is 0 Å². The maximum absolute atomic E-state index is 13.6. The van der Waals surface area contributed by atoms with Crippen molar-refractivity contribution in [1.29, 1.82) is 0 Å². The second-order valence-electron chi connectivity index (χ2n) is 6.51. The summed E-state index contributed by atoms with van der Waals surface area (Å²) in [4.78, 5) is 27.1. The summed E-state index contributed by atoms with van der Waals surface area (Å²) >= 11 is 0. The fourth-order valence-corrected chi connectivity index (χ4v) is 2.20. The molecule has 24 heavy (non-hydrogen) atoms. The van der Waals surface area contributed by atoms with Crippen LogP contribution in [0.5, 0.6) is 0 Å². The van der Waals surface area contributed by atoms with Crippen LogP contribution in [0.2, 0.25) is 0 Å². The molecule has 1 heterocycles. The van der Waals surface area contributed by atoms with Gasteiger partial charge in [-0.1, -0.05) is 0 Å². The number of amides is 3. The van der Waals surface area contributed by atoms with Crippen LogP contribution >= 0.6 is 0 Å². The van der Waals surface area contributed by atoms with E-state index in [0.717, 1.165) is 6.07 Å². The standard InChI is InChI=1S/C16H21F2N3O3/c1-16(2,3)24-15(23)21-8-6-20(7-9-21)14(22)19-13-5-4-11(17)10-12(13)18/h4-5,10H,6-9H2,1-3H3,(H,19,22). The van der Waals surface area contributed by atoms with Gasteiger partial charge in [-0.2, -0.15) is 0 Å². The smallest absolute Gasteiger partial charge is 0.410 e. The number of benzene rings is 1. The van der Waals surface area contributed by atoms with Gasteiger partial charge in [0, 0.05) is 32.2 Å². The summed E-state index contributed by atoms with van der Waals surface area (Å²) in [5, 5.41) is 2.40. The lowest BCUT2D eigenvalue weighted by molar-refractivity contribution is 0.0174. The van der Waals surface area contributed by atoms with Crippen molar-refractivity contribution in [3.63, 3.8) is 0 Å². The average molecular weight is 341 g/mol. The van der Waals surface area contributed by atoms with Crippen molar-refractivity contribution in [2.45, 2.75) is 26.4 Å². The molecule has 2 rings (SSSR count). The van der Waals surface area contributed by atoms with Crippen molar-refractivity contribution in [1.82, 2.24) is 9.80 Å². The van der Waals surface area contributed by atoms with Gasteiger partial charge in [-0.05, 0) is 32.9 Å². The van der Waals surface area contributed by atoms with Gasteiger partial charge < -0.3 is 19.9 Å². The lowest BCUT2D eigenvalue weighted by atomic mass is 10.2. The summed E-state index contributed by atoms with van der Waals surface area (Å²) in [5.41, 5.74) is -0.665. The maximum atomic E-state index is 13.6. The molecule has 1 aliphatic rings. The molecule has 1 aromatic rings. The number of carbonyl (C=O) groups excluding carboxylic acids is 2. The van der Waals surface area contributed by atoms with Crippen molar-refractivity contribution in [2.24, 2.45) is 0 Å². The Morgan fingerprint density at radius 2 is 1.67 bits per heavy atom. The molecule has 0 aliphatic carbocycles. The predicted molar refractivity (Wildman–Crippen MR) is 84.8 cm³/mol. The molecule has 3 amide bonds. The van der Waals surface area contributed by atoms with Crippen LogP contribution in [0.1, 0.15) is 20.8 Å². The zero-order chi connectivity index (χ0) is 17.9. The molecule has 0 bridgehead atoms. The summed E-state index contributed by atoms with van der Waals surface area (Å²) in [6.07, 6.45) is -0.424. The van der Waals surface area contributed by atoms with Crippen molar-refractivity contribution in [3.05, 3.63) is 29.8 Å². The SMILES string of the molecule is CC(C)(C)OC(=O)N1CCN(C(=O)Nc2ccc(F)cc2F)CC1. The fourth-order valence-electron chi connectivity index (χ4n) is 2.20. The minimum Gasteiger partial charge on any atom is -0.444 e. The molecule has 0 saturated carbocycles. The quantitative estimate of drug-likeness (QED) is 0.854. The van der Waals surface area contributed by atoms with Gasteiger partial charge in [0.25, 0.3) is 0 Å². The molecule has 0 spiro atoms. The lowest BCUT2D eigenvalue weighted by Crippen LogP contribution is -2.52. The number of hydrogen-bond donors (Lipinski definition) is 1. The summed E-state index contributed by atoms with van der Waals surface area (Å²) < 4.78 is 31.7. The van der Waals surface area contributed by atoms with Crippen LogP contribution < -0.4 is 5.32 Å². The second kappa shape index (κ2) is 7.02. The Labute approximate surface area is 139 Å². The average Bonchev–Trinajstić information content (AvgIpc) is 2.48. The first kappa shape index (κ1) is 18.0. The summed E-state index contributed by atoms with van der Waals surface area (Å²) in [7, 11) is 0. The number of halogens is 2. The molecular formula is C16H21F2N3O3. The molecule has 0 unspecified atom stereocenters. The summed E-state index contributed by atoms with van der Waals surface area (Å²) in [6, 6.07) is 2.44. The number of urea groups is 1. The minimum absolute atomic E-state index is 0.0871. The van der Waals surface area contributed by atoms with Crippen molar-refractivity contribution in [2.75, 3.05) is 31.5 Å². The first-order valence-corrected chi connectivity index (χ1v) is 7.64.